The van der Waals surface area contributed by atoms with Gasteiger partial charge in [0.15, 0.2) is 0 Å². The van der Waals surface area contributed by atoms with Gasteiger partial charge in [0.05, 0.1) is 22.7 Å². The van der Waals surface area contributed by atoms with Crippen molar-refractivity contribution in [1.29, 1.82) is 0 Å². The highest BCUT2D eigenvalue weighted by atomic mass is 15.4. The van der Waals surface area contributed by atoms with E-state index in [1.807, 2.05) is 60.7 Å². The van der Waals surface area contributed by atoms with Crippen LogP contribution < -0.4 is 21.5 Å². The molecule has 0 saturated carbocycles. The van der Waals surface area contributed by atoms with Gasteiger partial charge in [-0.05, 0) is 56.3 Å². The first-order valence-corrected chi connectivity index (χ1v) is 11.7. The molecule has 0 radical (unpaired) electrons. The number of hydrazine groups is 1. The van der Waals surface area contributed by atoms with E-state index in [0.29, 0.717) is 0 Å². The number of hydrogen-bond acceptors (Lipinski definition) is 6. The summed E-state index contributed by atoms with van der Waals surface area (Å²) >= 11 is 0. The number of hydrogen-bond donors (Lipinski definition) is 4. The minimum atomic E-state index is -0.214. The highest BCUT2D eigenvalue weighted by Crippen LogP contribution is 2.42. The molecule has 0 aromatic heterocycles. The van der Waals surface area contributed by atoms with Crippen molar-refractivity contribution < 1.29 is 0 Å². The van der Waals surface area contributed by atoms with Crippen molar-refractivity contribution in [3.63, 3.8) is 0 Å². The molecule has 0 aliphatic carbocycles. The zero-order valence-corrected chi connectivity index (χ0v) is 19.6. The van der Waals surface area contributed by atoms with Gasteiger partial charge in [-0.15, -0.1) is 10.2 Å². The van der Waals surface area contributed by atoms with Crippen LogP contribution in [0.15, 0.2) is 107 Å². The van der Waals surface area contributed by atoms with Gasteiger partial charge in [-0.2, -0.15) is 0 Å². The number of para-hydroxylation sites is 1. The molecular formula is C29H26N6. The lowest BCUT2D eigenvalue weighted by Gasteiger charge is -2.36. The summed E-state index contributed by atoms with van der Waals surface area (Å²) in [4.78, 5) is 0. The second kappa shape index (κ2) is 8.33. The van der Waals surface area contributed by atoms with Gasteiger partial charge in [0.1, 0.15) is 5.66 Å². The van der Waals surface area contributed by atoms with E-state index < -0.39 is 0 Å². The maximum Gasteiger partial charge on any atom is 0.102 e. The summed E-state index contributed by atoms with van der Waals surface area (Å²) in [6.07, 6.45) is 0. The van der Waals surface area contributed by atoms with Crippen molar-refractivity contribution >= 4 is 55.7 Å². The van der Waals surface area contributed by atoms with Crippen LogP contribution in [0.4, 0.5) is 34.1 Å². The molecule has 0 unspecified atom stereocenters. The number of nitrogens with zero attached hydrogens (tertiary/aromatic N) is 2. The Morgan fingerprint density at radius 3 is 2.00 bits per heavy atom. The van der Waals surface area contributed by atoms with Crippen LogP contribution in [0.1, 0.15) is 13.8 Å². The van der Waals surface area contributed by atoms with Gasteiger partial charge in [-0.3, -0.25) is 0 Å². The minimum Gasteiger partial charge on any atom is -0.363 e. The molecule has 4 N–H and O–H groups in total. The SMILES string of the molecule is CC1(C)Nc2cccc3c(N=Nc4ccc(NNc5ccccc5)c5ccccc45)ccc(c23)N1. The number of benzene rings is 5. The van der Waals surface area contributed by atoms with E-state index >= 15 is 0 Å². The minimum absolute atomic E-state index is 0.214. The third kappa shape index (κ3) is 3.99. The van der Waals surface area contributed by atoms with E-state index in [1.54, 1.807) is 0 Å². The van der Waals surface area contributed by atoms with E-state index in [2.05, 4.69) is 82.0 Å². The van der Waals surface area contributed by atoms with Crippen molar-refractivity contribution in [2.75, 3.05) is 21.5 Å². The van der Waals surface area contributed by atoms with Gasteiger partial charge in [0.25, 0.3) is 0 Å². The quantitative estimate of drug-likeness (QED) is 0.158. The van der Waals surface area contributed by atoms with Crippen molar-refractivity contribution in [3.8, 4) is 0 Å². The van der Waals surface area contributed by atoms with Crippen LogP contribution in [0.3, 0.4) is 0 Å². The molecule has 6 nitrogen and oxygen atoms in total. The third-order valence-electron chi connectivity index (χ3n) is 6.19. The van der Waals surface area contributed by atoms with Crippen molar-refractivity contribution in [2.24, 2.45) is 10.2 Å². The van der Waals surface area contributed by atoms with Gasteiger partial charge in [0.2, 0.25) is 0 Å². The fourth-order valence-corrected chi connectivity index (χ4v) is 4.64. The Balaban J connectivity index is 1.35. The summed E-state index contributed by atoms with van der Waals surface area (Å²) in [6.45, 7) is 4.25. The molecule has 1 aliphatic rings. The molecular weight excluding hydrogens is 432 g/mol. The van der Waals surface area contributed by atoms with E-state index in [9.17, 15) is 0 Å². The molecule has 0 bridgehead atoms. The largest absolute Gasteiger partial charge is 0.363 e. The fraction of sp³-hybridized carbons (Fsp3) is 0.103. The average molecular weight is 459 g/mol. The normalized spacial score (nSPS) is 14.0. The Hall–Kier alpha value is -4.58. The summed E-state index contributed by atoms with van der Waals surface area (Å²) < 4.78 is 0. The number of anilines is 4. The maximum absolute atomic E-state index is 4.69. The third-order valence-corrected chi connectivity index (χ3v) is 6.19. The summed E-state index contributed by atoms with van der Waals surface area (Å²) in [5.41, 5.74) is 12.2. The van der Waals surface area contributed by atoms with Crippen LogP contribution in [-0.2, 0) is 0 Å². The maximum atomic E-state index is 4.69. The Morgan fingerprint density at radius 2 is 1.20 bits per heavy atom. The van der Waals surface area contributed by atoms with Gasteiger partial charge < -0.3 is 21.5 Å². The number of fused-ring (bicyclic) bond motifs is 1. The second-order valence-electron chi connectivity index (χ2n) is 9.23. The fourth-order valence-electron chi connectivity index (χ4n) is 4.64. The van der Waals surface area contributed by atoms with Crippen molar-refractivity contribution in [3.05, 3.63) is 97.1 Å². The van der Waals surface area contributed by atoms with Crippen LogP contribution in [0, 0.1) is 0 Å². The Bertz CT molecular complexity index is 1560. The molecule has 0 spiro atoms. The predicted octanol–water partition coefficient (Wildman–Crippen LogP) is 8.42. The molecule has 172 valence electrons. The lowest BCUT2D eigenvalue weighted by atomic mass is 10.00. The second-order valence-corrected chi connectivity index (χ2v) is 9.23. The Labute approximate surface area is 204 Å². The molecule has 6 heteroatoms. The topological polar surface area (TPSA) is 72.8 Å². The molecule has 0 fully saturated rings. The van der Waals surface area contributed by atoms with Crippen LogP contribution in [0.2, 0.25) is 0 Å². The van der Waals surface area contributed by atoms with Gasteiger partial charge in [0, 0.05) is 32.9 Å². The molecule has 5 aromatic rings. The standard InChI is InChI=1S/C29H26N6/c1-29(2)30-26-14-8-13-22-25(17-18-27(31-29)28(22)26)35-34-24-16-15-23(20-11-6-7-12-21(20)24)33-32-19-9-4-3-5-10-19/h3-18,30-33H,1-2H3. The first-order chi connectivity index (χ1) is 17.1. The first kappa shape index (κ1) is 21.0. The monoisotopic (exact) mass is 458 g/mol. The Kier molecular flexibility index (Phi) is 4.99. The lowest BCUT2D eigenvalue weighted by molar-refractivity contribution is 0.649. The van der Waals surface area contributed by atoms with E-state index in [-0.39, 0.29) is 5.66 Å². The molecule has 0 atom stereocenters. The van der Waals surface area contributed by atoms with Gasteiger partial charge in [-0.1, -0.05) is 54.6 Å². The molecule has 1 aliphatic heterocycles. The highest BCUT2D eigenvalue weighted by molar-refractivity contribution is 6.09. The zero-order valence-electron chi connectivity index (χ0n) is 19.6. The number of rotatable bonds is 5. The van der Waals surface area contributed by atoms with Crippen molar-refractivity contribution in [1.82, 2.24) is 0 Å². The molecule has 1 heterocycles. The summed E-state index contributed by atoms with van der Waals surface area (Å²) in [5, 5.41) is 20.8. The van der Waals surface area contributed by atoms with E-state index in [4.69, 9.17) is 0 Å². The summed E-state index contributed by atoms with van der Waals surface area (Å²) in [7, 11) is 0. The van der Waals surface area contributed by atoms with Crippen molar-refractivity contribution in [2.45, 2.75) is 19.5 Å². The molecule has 6 rings (SSSR count). The van der Waals surface area contributed by atoms with Crippen LogP contribution >= 0.6 is 0 Å². The number of nitrogens with one attached hydrogen (secondary N) is 4. The summed E-state index contributed by atoms with van der Waals surface area (Å²) in [5.74, 6) is 0. The van der Waals surface area contributed by atoms with Crippen LogP contribution in [0.25, 0.3) is 21.5 Å². The first-order valence-electron chi connectivity index (χ1n) is 11.7. The van der Waals surface area contributed by atoms with Crippen LogP contribution in [-0.4, -0.2) is 5.66 Å². The predicted molar refractivity (Wildman–Crippen MR) is 147 cm³/mol. The van der Waals surface area contributed by atoms with Gasteiger partial charge >= 0.3 is 0 Å². The van der Waals surface area contributed by atoms with Gasteiger partial charge in [-0.25, -0.2) is 0 Å². The molecule has 35 heavy (non-hydrogen) atoms. The Morgan fingerprint density at radius 1 is 0.571 bits per heavy atom. The summed E-state index contributed by atoms with van der Waals surface area (Å²) in [6, 6.07) is 32.7. The van der Waals surface area contributed by atoms with Crippen LogP contribution in [0.5, 0.6) is 0 Å². The smallest absolute Gasteiger partial charge is 0.102 e. The molecule has 0 saturated heterocycles. The van der Waals surface area contributed by atoms with E-state index in [1.165, 1.54) is 0 Å². The van der Waals surface area contributed by atoms with E-state index in [0.717, 1.165) is 55.7 Å². The molecule has 5 aromatic carbocycles. The zero-order chi connectivity index (χ0) is 23.8. The molecule has 0 amide bonds. The number of azo groups is 1. The lowest BCUT2D eigenvalue weighted by Crippen LogP contribution is -2.41. The highest BCUT2D eigenvalue weighted by Gasteiger charge is 2.25. The average Bonchev–Trinajstić information content (AvgIpc) is 2.87.